The van der Waals surface area contributed by atoms with Crippen LogP contribution in [0, 0.1) is 10.8 Å². The predicted molar refractivity (Wildman–Crippen MR) is 257 cm³/mol. The van der Waals surface area contributed by atoms with Crippen molar-refractivity contribution in [3.63, 3.8) is 0 Å². The second-order valence-electron chi connectivity index (χ2n) is 24.6. The molecule has 4 spiro atoms. The van der Waals surface area contributed by atoms with E-state index < -0.39 is 45.3 Å². The van der Waals surface area contributed by atoms with E-state index in [1.165, 1.54) is 10.1 Å². The zero-order valence-electron chi connectivity index (χ0n) is 41.4. The maximum atomic E-state index is 16.3. The summed E-state index contributed by atoms with van der Waals surface area (Å²) in [5, 5.41) is 2.87. The summed E-state index contributed by atoms with van der Waals surface area (Å²) in [4.78, 5) is 77.0. The van der Waals surface area contributed by atoms with Crippen LogP contribution in [0.2, 0.25) is 0 Å². The van der Waals surface area contributed by atoms with Gasteiger partial charge in [-0.2, -0.15) is 0 Å². The first-order valence-corrected chi connectivity index (χ1v) is 24.1. The number of benzene rings is 4. The first-order chi connectivity index (χ1) is 31.7. The van der Waals surface area contributed by atoms with Gasteiger partial charge in [0.25, 0.3) is 11.8 Å². The molecule has 0 aromatic heterocycles. The molecule has 2 fully saturated rings. The van der Waals surface area contributed by atoms with E-state index in [2.05, 4.69) is 107 Å². The fourth-order valence-corrected chi connectivity index (χ4v) is 12.1. The van der Waals surface area contributed by atoms with Crippen LogP contribution in [0.15, 0.2) is 108 Å². The lowest BCUT2D eigenvalue weighted by Gasteiger charge is -2.59. The van der Waals surface area contributed by atoms with Crippen LogP contribution in [0.5, 0.6) is 11.5 Å². The van der Waals surface area contributed by atoms with E-state index in [1.807, 2.05) is 48.6 Å². The van der Waals surface area contributed by atoms with Crippen LogP contribution in [-0.4, -0.2) is 68.0 Å². The number of hydrogen-bond donors (Lipinski definition) is 0. The summed E-state index contributed by atoms with van der Waals surface area (Å²) in [6.07, 6.45) is 4.14. The summed E-state index contributed by atoms with van der Waals surface area (Å²) in [6.45, 7) is 25.4. The molecule has 6 atom stereocenters. The second-order valence-corrected chi connectivity index (χ2v) is 24.6. The van der Waals surface area contributed by atoms with Crippen molar-refractivity contribution in [1.29, 1.82) is 0 Å². The SMILES string of the molecule is CC(C)(C)C1=CC23Cc4cc(C(C)(C)C)cc5c4O[C@]4(C5)C(=O)C5(C=C(C(C)(C)C)C4N(C(=O)c4ccccc4)O5)Cc4cc(C(C)(C)C)cc5c4O[C@@](C5)(C2=O)C1N(C(=O)c1ccccc1)O3. The van der Waals surface area contributed by atoms with Crippen molar-refractivity contribution >= 4 is 23.4 Å². The molecular formula is C58H62N2O8. The lowest BCUT2D eigenvalue weighted by molar-refractivity contribution is -0.273. The zero-order chi connectivity index (χ0) is 48.5. The van der Waals surface area contributed by atoms with Crippen molar-refractivity contribution in [2.24, 2.45) is 10.8 Å². The zero-order valence-corrected chi connectivity index (χ0v) is 41.4. The van der Waals surface area contributed by atoms with Gasteiger partial charge in [0.05, 0.1) is 0 Å². The molecule has 2 aliphatic carbocycles. The summed E-state index contributed by atoms with van der Waals surface area (Å²) >= 11 is 0. The van der Waals surface area contributed by atoms with Gasteiger partial charge in [-0.3, -0.25) is 28.9 Å². The lowest BCUT2D eigenvalue weighted by atomic mass is 9.61. The molecule has 4 aromatic carbocycles. The van der Waals surface area contributed by atoms with Gasteiger partial charge >= 0.3 is 0 Å². The standard InChI is InChI=1S/C58H62N2O8/c1-51(2,3)39-23-35-27-55-31-41(53(7,8)9)46(60(67-55)48(62)34-21-17-14-18-22-34)58(49(55)63)30-38-26-40(52(4,5)6)24-36(44(38)66-58)28-56-32-42(54(10,11)12)45(57(50(56)64)29-37(25-39)43(35)65-57)59(68-56)47(61)33-19-15-13-16-20-33/h13-26,31-32,45-46H,27-30H2,1-12H3/t45?,46?,55?,56?,57-,58+. The number of Topliss-reactive ketones (excluding diaryl/α,β-unsaturated/α-hetero) is 2. The van der Waals surface area contributed by atoms with E-state index in [9.17, 15) is 0 Å². The summed E-state index contributed by atoms with van der Waals surface area (Å²) in [6, 6.07) is 24.5. The number of carbonyl (C=O) groups excluding carboxylic acids is 4. The van der Waals surface area contributed by atoms with Crippen molar-refractivity contribution in [2.75, 3.05) is 0 Å². The first-order valence-electron chi connectivity index (χ1n) is 24.1. The Morgan fingerprint density at radius 2 is 0.809 bits per heavy atom. The van der Waals surface area contributed by atoms with E-state index in [1.54, 1.807) is 24.3 Å². The van der Waals surface area contributed by atoms with Gasteiger partial charge in [0.1, 0.15) is 23.6 Å². The van der Waals surface area contributed by atoms with Crippen molar-refractivity contribution in [2.45, 2.75) is 154 Å². The summed E-state index contributed by atoms with van der Waals surface area (Å²) < 4.78 is 15.0. The number of ether oxygens (including phenoxy) is 2. The van der Waals surface area contributed by atoms with Crippen LogP contribution in [0.3, 0.4) is 0 Å². The molecule has 4 unspecified atom stereocenters. The molecule has 7 aliphatic heterocycles. The molecule has 8 bridgehead atoms. The van der Waals surface area contributed by atoms with Gasteiger partial charge in [0, 0.05) is 36.8 Å². The van der Waals surface area contributed by atoms with Gasteiger partial charge in [0.15, 0.2) is 11.2 Å². The second kappa shape index (κ2) is 13.9. The van der Waals surface area contributed by atoms with Crippen molar-refractivity contribution in [3.8, 4) is 11.5 Å². The molecule has 0 N–H and O–H groups in total. The maximum absolute atomic E-state index is 16.3. The minimum Gasteiger partial charge on any atom is -0.476 e. The molecule has 0 radical (unpaired) electrons. The summed E-state index contributed by atoms with van der Waals surface area (Å²) in [5.41, 5.74) is -1.27. The maximum Gasteiger partial charge on any atom is 0.278 e. The molecule has 4 aromatic rings. The number of rotatable bonds is 2. The third kappa shape index (κ3) is 6.21. The molecule has 0 saturated carbocycles. The highest BCUT2D eigenvalue weighted by Gasteiger charge is 2.74. The Bertz CT molecular complexity index is 2760. The minimum absolute atomic E-state index is 0.0320. The van der Waals surface area contributed by atoms with E-state index in [0.717, 1.165) is 33.4 Å². The Labute approximate surface area is 399 Å². The van der Waals surface area contributed by atoms with Gasteiger partial charge in [-0.05, 0) is 103 Å². The monoisotopic (exact) mass is 914 g/mol. The molecule has 68 heavy (non-hydrogen) atoms. The van der Waals surface area contributed by atoms with E-state index >= 15 is 19.2 Å². The highest BCUT2D eigenvalue weighted by atomic mass is 16.7. The minimum atomic E-state index is -1.75. The van der Waals surface area contributed by atoms with Crippen molar-refractivity contribution < 1.29 is 38.3 Å². The largest absolute Gasteiger partial charge is 0.476 e. The van der Waals surface area contributed by atoms with Gasteiger partial charge in [-0.1, -0.05) is 144 Å². The predicted octanol–water partition coefficient (Wildman–Crippen LogP) is 9.93. The number of hydroxylamine groups is 4. The van der Waals surface area contributed by atoms with Crippen LogP contribution in [0.25, 0.3) is 0 Å². The van der Waals surface area contributed by atoms with Crippen LogP contribution in [-0.2, 0) is 55.8 Å². The average Bonchev–Trinajstić information content (AvgIpc) is 3.86. The smallest absolute Gasteiger partial charge is 0.278 e. The summed E-state index contributed by atoms with van der Waals surface area (Å²) in [7, 11) is 0. The molecule has 13 rings (SSSR count). The summed E-state index contributed by atoms with van der Waals surface area (Å²) in [5.74, 6) is -0.380. The molecule has 10 nitrogen and oxygen atoms in total. The lowest BCUT2D eigenvalue weighted by Crippen LogP contribution is -2.78. The number of amides is 2. The van der Waals surface area contributed by atoms with E-state index in [-0.39, 0.29) is 59.9 Å². The normalized spacial score (nSPS) is 29.0. The molecule has 2 amide bonds. The Balaban J connectivity index is 1.24. The Kier molecular flexibility index (Phi) is 9.13. The number of ketones is 2. The van der Waals surface area contributed by atoms with Gasteiger partial charge in [-0.15, -0.1) is 0 Å². The highest BCUT2D eigenvalue weighted by Crippen LogP contribution is 2.61. The first kappa shape index (κ1) is 44.7. The van der Waals surface area contributed by atoms with Gasteiger partial charge < -0.3 is 9.47 Å². The van der Waals surface area contributed by atoms with E-state index in [0.29, 0.717) is 33.8 Å². The third-order valence-corrected chi connectivity index (χ3v) is 15.6. The van der Waals surface area contributed by atoms with Crippen LogP contribution < -0.4 is 9.47 Å². The third-order valence-electron chi connectivity index (χ3n) is 15.6. The van der Waals surface area contributed by atoms with Crippen LogP contribution in [0.4, 0.5) is 0 Å². The Hall–Kier alpha value is -5.84. The highest BCUT2D eigenvalue weighted by molar-refractivity contribution is 6.06. The fraction of sp³-hybridized carbons (Fsp3) is 0.448. The Morgan fingerprint density at radius 3 is 1.12 bits per heavy atom. The molecular weight excluding hydrogens is 853 g/mol. The number of fused-ring (bicyclic) bond motifs is 2. The Morgan fingerprint density at radius 1 is 0.485 bits per heavy atom. The molecule has 7 heterocycles. The van der Waals surface area contributed by atoms with E-state index in [4.69, 9.17) is 19.1 Å². The molecule has 2 saturated heterocycles. The quantitative estimate of drug-likeness (QED) is 0.183. The average molecular weight is 915 g/mol. The molecule has 9 aliphatic rings. The van der Waals surface area contributed by atoms with Crippen molar-refractivity contribution in [1.82, 2.24) is 10.1 Å². The van der Waals surface area contributed by atoms with Gasteiger partial charge in [0.2, 0.25) is 22.8 Å². The van der Waals surface area contributed by atoms with Crippen molar-refractivity contribution in [3.05, 3.63) is 153 Å². The molecule has 10 heteroatoms. The number of hydrogen-bond acceptors (Lipinski definition) is 8. The molecule has 352 valence electrons. The van der Waals surface area contributed by atoms with Crippen LogP contribution >= 0.6 is 0 Å². The van der Waals surface area contributed by atoms with Crippen LogP contribution in [0.1, 0.15) is 137 Å². The number of carbonyl (C=O) groups is 4. The topological polar surface area (TPSA) is 112 Å². The van der Waals surface area contributed by atoms with Gasteiger partial charge in [-0.25, -0.2) is 10.1 Å². The number of nitrogens with zero attached hydrogens (tertiary/aromatic N) is 2. The fourth-order valence-electron chi connectivity index (χ4n) is 12.1.